The van der Waals surface area contributed by atoms with Crippen LogP contribution in [-0.4, -0.2) is 22.6 Å². The van der Waals surface area contributed by atoms with Crippen molar-refractivity contribution in [3.05, 3.63) is 56.3 Å². The van der Waals surface area contributed by atoms with Gasteiger partial charge < -0.3 is 9.84 Å². The summed E-state index contributed by atoms with van der Waals surface area (Å²) in [5.41, 5.74) is -0.275. The van der Waals surface area contributed by atoms with E-state index in [-0.39, 0.29) is 23.6 Å². The zero-order valence-corrected chi connectivity index (χ0v) is 11.1. The number of thiophene rings is 1. The molecular formula is C13H11NO5S. The Bertz CT molecular complexity index is 624. The predicted octanol–water partition coefficient (Wildman–Crippen LogP) is 2.98. The summed E-state index contributed by atoms with van der Waals surface area (Å²) in [7, 11) is 0. The van der Waals surface area contributed by atoms with Crippen LogP contribution in [0, 0.1) is 10.1 Å². The molecule has 1 aromatic carbocycles. The van der Waals surface area contributed by atoms with Crippen molar-refractivity contribution < 1.29 is 19.6 Å². The molecule has 0 aliphatic rings. The highest BCUT2D eigenvalue weighted by Gasteiger charge is 2.17. The Kier molecular flexibility index (Phi) is 4.31. The van der Waals surface area contributed by atoms with Crippen LogP contribution in [0.5, 0.6) is 5.75 Å². The van der Waals surface area contributed by atoms with E-state index in [1.165, 1.54) is 12.1 Å². The molecule has 0 fully saturated rings. The summed E-state index contributed by atoms with van der Waals surface area (Å²) in [6.45, 7) is 0.254. The van der Waals surface area contributed by atoms with Gasteiger partial charge in [-0.15, -0.1) is 11.3 Å². The van der Waals surface area contributed by atoms with E-state index in [1.807, 2.05) is 17.5 Å². The summed E-state index contributed by atoms with van der Waals surface area (Å²) >= 11 is 1.57. The standard InChI is InChI=1S/C13H11NO5S/c15-13(16)9-3-4-11(14(17)18)12(8-9)19-6-5-10-2-1-7-20-10/h1-4,7-8H,5-6H2,(H,15,16). The van der Waals surface area contributed by atoms with Crippen LogP contribution < -0.4 is 4.74 Å². The predicted molar refractivity (Wildman–Crippen MR) is 73.6 cm³/mol. The fourth-order valence-corrected chi connectivity index (χ4v) is 2.32. The van der Waals surface area contributed by atoms with E-state index in [9.17, 15) is 14.9 Å². The molecule has 0 aliphatic carbocycles. The number of carboxylic acids is 1. The molecule has 2 aromatic rings. The summed E-state index contributed by atoms with van der Waals surface area (Å²) in [6.07, 6.45) is 0.617. The second-order valence-electron chi connectivity index (χ2n) is 3.92. The highest BCUT2D eigenvalue weighted by atomic mass is 32.1. The Morgan fingerprint density at radius 2 is 2.20 bits per heavy atom. The number of rotatable bonds is 6. The number of hydrogen-bond donors (Lipinski definition) is 1. The lowest BCUT2D eigenvalue weighted by atomic mass is 10.2. The number of benzene rings is 1. The first-order valence-corrected chi connectivity index (χ1v) is 6.63. The van der Waals surface area contributed by atoms with Crippen molar-refractivity contribution in [1.29, 1.82) is 0 Å². The van der Waals surface area contributed by atoms with Crippen molar-refractivity contribution in [2.45, 2.75) is 6.42 Å². The van der Waals surface area contributed by atoms with Crippen LogP contribution in [0.15, 0.2) is 35.7 Å². The highest BCUT2D eigenvalue weighted by Crippen LogP contribution is 2.28. The van der Waals surface area contributed by atoms with Gasteiger partial charge in [0.2, 0.25) is 0 Å². The summed E-state index contributed by atoms with van der Waals surface area (Å²) in [5, 5.41) is 21.7. The fourth-order valence-electron chi connectivity index (χ4n) is 1.63. The molecule has 0 amide bonds. The normalized spacial score (nSPS) is 10.2. The number of nitro groups is 1. The van der Waals surface area contributed by atoms with Gasteiger partial charge in [0.05, 0.1) is 17.1 Å². The van der Waals surface area contributed by atoms with Gasteiger partial charge in [-0.1, -0.05) is 6.07 Å². The maximum absolute atomic E-state index is 10.9. The van der Waals surface area contributed by atoms with E-state index < -0.39 is 10.9 Å². The van der Waals surface area contributed by atoms with Crippen LogP contribution in [0.4, 0.5) is 5.69 Å². The van der Waals surface area contributed by atoms with Gasteiger partial charge in [-0.2, -0.15) is 0 Å². The van der Waals surface area contributed by atoms with Crippen molar-refractivity contribution in [1.82, 2.24) is 0 Å². The van der Waals surface area contributed by atoms with Crippen LogP contribution in [0.3, 0.4) is 0 Å². The number of carbonyl (C=O) groups is 1. The van der Waals surface area contributed by atoms with Gasteiger partial charge in [0.15, 0.2) is 5.75 Å². The van der Waals surface area contributed by atoms with E-state index in [1.54, 1.807) is 11.3 Å². The molecular weight excluding hydrogens is 282 g/mol. The molecule has 2 rings (SSSR count). The first-order chi connectivity index (χ1) is 9.58. The molecule has 0 saturated heterocycles. The smallest absolute Gasteiger partial charge is 0.335 e. The number of ether oxygens (including phenoxy) is 1. The van der Waals surface area contributed by atoms with Gasteiger partial charge in [0.25, 0.3) is 0 Å². The molecule has 6 nitrogen and oxygen atoms in total. The molecule has 0 spiro atoms. The molecule has 0 atom stereocenters. The topological polar surface area (TPSA) is 89.7 Å². The summed E-state index contributed by atoms with van der Waals surface area (Å²) in [5.74, 6) is -1.17. The second-order valence-corrected chi connectivity index (χ2v) is 4.95. The summed E-state index contributed by atoms with van der Waals surface area (Å²) < 4.78 is 5.36. The Morgan fingerprint density at radius 1 is 1.40 bits per heavy atom. The Hall–Kier alpha value is -2.41. The van der Waals surface area contributed by atoms with Crippen LogP contribution in [0.2, 0.25) is 0 Å². The lowest BCUT2D eigenvalue weighted by Gasteiger charge is -2.07. The molecule has 0 radical (unpaired) electrons. The maximum atomic E-state index is 10.9. The minimum atomic E-state index is -1.15. The van der Waals surface area contributed by atoms with Gasteiger partial charge in [0, 0.05) is 23.4 Å². The lowest BCUT2D eigenvalue weighted by Crippen LogP contribution is -2.05. The molecule has 0 saturated carbocycles. The third-order valence-electron chi connectivity index (χ3n) is 2.59. The van der Waals surface area contributed by atoms with Crippen LogP contribution in [-0.2, 0) is 6.42 Å². The average molecular weight is 293 g/mol. The van der Waals surface area contributed by atoms with Gasteiger partial charge >= 0.3 is 11.7 Å². The van der Waals surface area contributed by atoms with Gasteiger partial charge in [0.1, 0.15) is 0 Å². The van der Waals surface area contributed by atoms with E-state index in [0.717, 1.165) is 10.9 Å². The SMILES string of the molecule is O=C(O)c1ccc([N+](=O)[O-])c(OCCc2cccs2)c1. The van der Waals surface area contributed by atoms with Crippen LogP contribution in [0.25, 0.3) is 0 Å². The third-order valence-corrected chi connectivity index (χ3v) is 3.53. The molecule has 104 valence electrons. The average Bonchev–Trinajstić information content (AvgIpc) is 2.91. The molecule has 1 aromatic heterocycles. The van der Waals surface area contributed by atoms with Crippen molar-refractivity contribution in [3.63, 3.8) is 0 Å². The maximum Gasteiger partial charge on any atom is 0.335 e. The van der Waals surface area contributed by atoms with Crippen molar-refractivity contribution in [2.24, 2.45) is 0 Å². The number of nitro benzene ring substituents is 1. The van der Waals surface area contributed by atoms with Crippen molar-refractivity contribution in [2.75, 3.05) is 6.61 Å². The molecule has 0 unspecified atom stereocenters. The van der Waals surface area contributed by atoms with E-state index in [4.69, 9.17) is 9.84 Å². The van der Waals surface area contributed by atoms with Crippen LogP contribution >= 0.6 is 11.3 Å². The molecule has 1 N–H and O–H groups in total. The minimum Gasteiger partial charge on any atom is -0.486 e. The zero-order valence-electron chi connectivity index (χ0n) is 10.3. The summed E-state index contributed by atoms with van der Waals surface area (Å²) in [6, 6.07) is 7.36. The van der Waals surface area contributed by atoms with E-state index in [0.29, 0.717) is 6.42 Å². The molecule has 0 bridgehead atoms. The first-order valence-electron chi connectivity index (χ1n) is 5.75. The second kappa shape index (κ2) is 6.16. The number of nitrogens with zero attached hydrogens (tertiary/aromatic N) is 1. The van der Waals surface area contributed by atoms with Gasteiger partial charge in [-0.25, -0.2) is 4.79 Å². The van der Waals surface area contributed by atoms with E-state index in [2.05, 4.69) is 0 Å². The fraction of sp³-hybridized carbons (Fsp3) is 0.154. The van der Waals surface area contributed by atoms with Crippen molar-refractivity contribution in [3.8, 4) is 5.75 Å². The number of carboxylic acid groups (broad SMARTS) is 1. The van der Waals surface area contributed by atoms with Crippen molar-refractivity contribution >= 4 is 23.0 Å². The lowest BCUT2D eigenvalue weighted by molar-refractivity contribution is -0.385. The van der Waals surface area contributed by atoms with Gasteiger partial charge in [-0.3, -0.25) is 10.1 Å². The minimum absolute atomic E-state index is 0.0218. The molecule has 20 heavy (non-hydrogen) atoms. The Morgan fingerprint density at radius 3 is 2.80 bits per heavy atom. The quantitative estimate of drug-likeness (QED) is 0.653. The van der Waals surface area contributed by atoms with Gasteiger partial charge in [-0.05, 0) is 17.5 Å². The largest absolute Gasteiger partial charge is 0.486 e. The molecule has 1 heterocycles. The van der Waals surface area contributed by atoms with E-state index >= 15 is 0 Å². The zero-order chi connectivity index (χ0) is 14.5. The molecule has 0 aliphatic heterocycles. The Balaban J connectivity index is 2.13. The van der Waals surface area contributed by atoms with Crippen LogP contribution in [0.1, 0.15) is 15.2 Å². The Labute approximate surface area is 118 Å². The first kappa shape index (κ1) is 14.0. The highest BCUT2D eigenvalue weighted by molar-refractivity contribution is 7.09. The third kappa shape index (κ3) is 3.33. The number of aromatic carboxylic acids is 1. The monoisotopic (exact) mass is 293 g/mol. The molecule has 7 heteroatoms. The summed E-state index contributed by atoms with van der Waals surface area (Å²) in [4.78, 5) is 22.3. The number of hydrogen-bond acceptors (Lipinski definition) is 5.